The average molecular weight is 222 g/mol. The highest BCUT2D eigenvalue weighted by molar-refractivity contribution is 6.01. The van der Waals surface area contributed by atoms with Gasteiger partial charge in [0, 0.05) is 25.2 Å². The lowest BCUT2D eigenvalue weighted by atomic mass is 10.4. The molecular weight excluding hydrogens is 212 g/mol. The van der Waals surface area contributed by atoms with E-state index in [9.17, 15) is 14.4 Å². The second-order valence-corrected chi connectivity index (χ2v) is 3.40. The number of carbonyl (C=O) groups is 3. The topological polar surface area (TPSA) is 68.6 Å². The molecule has 1 saturated heterocycles. The van der Waals surface area contributed by atoms with E-state index >= 15 is 0 Å². The van der Waals surface area contributed by atoms with Crippen molar-refractivity contribution in [3.63, 3.8) is 0 Å². The zero-order valence-corrected chi connectivity index (χ0v) is 8.46. The molecule has 6 nitrogen and oxygen atoms in total. The van der Waals surface area contributed by atoms with E-state index in [1.54, 1.807) is 29.1 Å². The van der Waals surface area contributed by atoms with E-state index in [1.807, 2.05) is 0 Å². The van der Waals surface area contributed by atoms with Gasteiger partial charge in [-0.1, -0.05) is 0 Å². The van der Waals surface area contributed by atoms with Gasteiger partial charge in [-0.2, -0.15) is 0 Å². The summed E-state index contributed by atoms with van der Waals surface area (Å²) in [5.41, 5.74) is 0. The zero-order valence-electron chi connectivity index (χ0n) is 8.46. The molecule has 84 valence electrons. The van der Waals surface area contributed by atoms with Gasteiger partial charge in [0.25, 0.3) is 11.8 Å². The molecule has 0 N–H and O–H groups in total. The van der Waals surface area contributed by atoms with Crippen LogP contribution in [0.25, 0.3) is 0 Å². The SMILES string of the molecule is O=C(Cn1cccc1)ON1C(=O)CCC1=O. The molecule has 0 unspecified atom stereocenters. The minimum atomic E-state index is -0.639. The Hall–Kier alpha value is -2.11. The highest BCUT2D eigenvalue weighted by Crippen LogP contribution is 2.12. The van der Waals surface area contributed by atoms with Crippen molar-refractivity contribution in [2.45, 2.75) is 19.4 Å². The fraction of sp³-hybridized carbons (Fsp3) is 0.300. The first-order valence-electron chi connectivity index (χ1n) is 4.84. The lowest BCUT2D eigenvalue weighted by Crippen LogP contribution is -2.33. The standard InChI is InChI=1S/C10H10N2O4/c13-8-3-4-9(14)12(8)16-10(15)7-11-5-1-2-6-11/h1-2,5-6H,3-4,7H2. The third kappa shape index (κ3) is 2.10. The van der Waals surface area contributed by atoms with Crippen molar-refractivity contribution in [1.29, 1.82) is 0 Å². The van der Waals surface area contributed by atoms with Crippen LogP contribution in [0.15, 0.2) is 24.5 Å². The maximum atomic E-state index is 11.4. The average Bonchev–Trinajstić information content (AvgIpc) is 2.83. The third-order valence-corrected chi connectivity index (χ3v) is 2.18. The zero-order chi connectivity index (χ0) is 11.5. The van der Waals surface area contributed by atoms with Crippen LogP contribution in [0.1, 0.15) is 12.8 Å². The molecule has 0 spiro atoms. The molecule has 2 amide bonds. The molecule has 2 rings (SSSR count). The molecule has 1 aliphatic rings. The number of rotatable bonds is 3. The number of imide groups is 1. The fourth-order valence-electron chi connectivity index (χ4n) is 1.41. The molecule has 1 aliphatic heterocycles. The van der Waals surface area contributed by atoms with Crippen LogP contribution in [0.4, 0.5) is 0 Å². The highest BCUT2D eigenvalue weighted by Gasteiger charge is 2.32. The van der Waals surface area contributed by atoms with E-state index in [2.05, 4.69) is 4.84 Å². The summed E-state index contributed by atoms with van der Waals surface area (Å²) < 4.78 is 1.59. The Morgan fingerprint density at radius 1 is 1.19 bits per heavy atom. The first-order chi connectivity index (χ1) is 7.66. The number of carbonyl (C=O) groups excluding carboxylic acids is 3. The normalized spacial score (nSPS) is 15.6. The molecule has 1 aromatic heterocycles. The maximum absolute atomic E-state index is 11.4. The van der Waals surface area contributed by atoms with Crippen LogP contribution in [0, 0.1) is 0 Å². The van der Waals surface area contributed by atoms with Crippen LogP contribution in [0.3, 0.4) is 0 Å². The van der Waals surface area contributed by atoms with Crippen LogP contribution in [0.2, 0.25) is 0 Å². The van der Waals surface area contributed by atoms with Crippen LogP contribution >= 0.6 is 0 Å². The van der Waals surface area contributed by atoms with Crippen LogP contribution in [0.5, 0.6) is 0 Å². The van der Waals surface area contributed by atoms with Crippen LogP contribution < -0.4 is 0 Å². The summed E-state index contributed by atoms with van der Waals surface area (Å²) >= 11 is 0. The fourth-order valence-corrected chi connectivity index (χ4v) is 1.41. The molecule has 16 heavy (non-hydrogen) atoms. The van der Waals surface area contributed by atoms with Gasteiger partial charge < -0.3 is 9.40 Å². The number of hydrogen-bond acceptors (Lipinski definition) is 4. The Labute approximate surface area is 91.3 Å². The lowest BCUT2D eigenvalue weighted by molar-refractivity contribution is -0.197. The van der Waals surface area contributed by atoms with Crippen molar-refractivity contribution < 1.29 is 19.2 Å². The van der Waals surface area contributed by atoms with Gasteiger partial charge in [-0.3, -0.25) is 9.59 Å². The Balaban J connectivity index is 1.92. The lowest BCUT2D eigenvalue weighted by Gasteiger charge is -2.12. The largest absolute Gasteiger partial charge is 0.352 e. The molecule has 2 heterocycles. The van der Waals surface area contributed by atoms with Gasteiger partial charge in [-0.15, -0.1) is 5.06 Å². The predicted molar refractivity (Wildman–Crippen MR) is 51.6 cm³/mol. The Kier molecular flexibility index (Phi) is 2.72. The number of hydroxylamine groups is 2. The molecule has 0 radical (unpaired) electrons. The van der Waals surface area contributed by atoms with Gasteiger partial charge in [0.2, 0.25) is 0 Å². The number of aromatic nitrogens is 1. The van der Waals surface area contributed by atoms with Crippen molar-refractivity contribution >= 4 is 17.8 Å². The van der Waals surface area contributed by atoms with E-state index < -0.39 is 17.8 Å². The highest BCUT2D eigenvalue weighted by atomic mass is 16.7. The van der Waals surface area contributed by atoms with E-state index in [0.717, 1.165) is 0 Å². The maximum Gasteiger partial charge on any atom is 0.352 e. The summed E-state index contributed by atoms with van der Waals surface area (Å²) in [4.78, 5) is 38.3. The predicted octanol–water partition coefficient (Wildman–Crippen LogP) is 0.0953. The van der Waals surface area contributed by atoms with E-state index in [0.29, 0.717) is 5.06 Å². The Morgan fingerprint density at radius 2 is 1.75 bits per heavy atom. The summed E-state index contributed by atoms with van der Waals surface area (Å²) in [6.07, 6.45) is 3.59. The van der Waals surface area contributed by atoms with Gasteiger partial charge in [0.15, 0.2) is 0 Å². The minimum Gasteiger partial charge on any atom is -0.343 e. The first-order valence-corrected chi connectivity index (χ1v) is 4.84. The van der Waals surface area contributed by atoms with Crippen molar-refractivity contribution in [3.8, 4) is 0 Å². The van der Waals surface area contributed by atoms with Crippen molar-refractivity contribution in [1.82, 2.24) is 9.63 Å². The molecular formula is C10H10N2O4. The summed E-state index contributed by atoms with van der Waals surface area (Å²) in [5, 5.41) is 0.547. The monoisotopic (exact) mass is 222 g/mol. The molecule has 0 aromatic carbocycles. The van der Waals surface area contributed by atoms with Gasteiger partial charge in [0.05, 0.1) is 0 Å². The van der Waals surface area contributed by atoms with E-state index in [-0.39, 0.29) is 19.4 Å². The van der Waals surface area contributed by atoms with Crippen molar-refractivity contribution in [2.24, 2.45) is 0 Å². The first kappa shape index (κ1) is 10.4. The van der Waals surface area contributed by atoms with Crippen molar-refractivity contribution in [2.75, 3.05) is 0 Å². The number of amides is 2. The molecule has 6 heteroatoms. The summed E-state index contributed by atoms with van der Waals surface area (Å²) in [6, 6.07) is 3.53. The van der Waals surface area contributed by atoms with Crippen molar-refractivity contribution in [3.05, 3.63) is 24.5 Å². The van der Waals surface area contributed by atoms with Gasteiger partial charge in [0.1, 0.15) is 6.54 Å². The minimum absolute atomic E-state index is 0.0238. The molecule has 1 aromatic rings. The van der Waals surface area contributed by atoms with E-state index in [4.69, 9.17) is 0 Å². The summed E-state index contributed by atoms with van der Waals surface area (Å²) in [7, 11) is 0. The Morgan fingerprint density at radius 3 is 2.31 bits per heavy atom. The second kappa shape index (κ2) is 4.18. The Bertz CT molecular complexity index is 408. The van der Waals surface area contributed by atoms with Gasteiger partial charge in [-0.05, 0) is 12.1 Å². The third-order valence-electron chi connectivity index (χ3n) is 2.18. The molecule has 0 atom stereocenters. The van der Waals surface area contributed by atoms with Crippen LogP contribution in [-0.2, 0) is 25.8 Å². The van der Waals surface area contributed by atoms with Crippen LogP contribution in [-0.4, -0.2) is 27.4 Å². The molecule has 0 saturated carbocycles. The van der Waals surface area contributed by atoms with E-state index in [1.165, 1.54) is 0 Å². The van der Waals surface area contributed by atoms with Gasteiger partial charge in [-0.25, -0.2) is 4.79 Å². The number of nitrogens with zero attached hydrogens (tertiary/aromatic N) is 2. The summed E-state index contributed by atoms with van der Waals surface area (Å²) in [5.74, 6) is -1.57. The summed E-state index contributed by atoms with van der Waals surface area (Å²) in [6.45, 7) is -0.0238. The quantitative estimate of drug-likeness (QED) is 0.680. The molecule has 1 fully saturated rings. The molecule has 0 bridgehead atoms. The second-order valence-electron chi connectivity index (χ2n) is 3.40. The number of hydrogen-bond donors (Lipinski definition) is 0. The molecule has 0 aliphatic carbocycles. The van der Waals surface area contributed by atoms with Gasteiger partial charge >= 0.3 is 5.97 Å². The smallest absolute Gasteiger partial charge is 0.343 e.